The number of carbonyl (C=O) groups is 2. The van der Waals surface area contributed by atoms with Crippen molar-refractivity contribution in [2.45, 2.75) is 18.4 Å². The van der Waals surface area contributed by atoms with Crippen LogP contribution in [0.25, 0.3) is 0 Å². The molecular weight excluding hydrogens is 448 g/mol. The van der Waals surface area contributed by atoms with Gasteiger partial charge in [-0.2, -0.15) is 0 Å². The van der Waals surface area contributed by atoms with Gasteiger partial charge in [-0.1, -0.05) is 0 Å². The molecule has 0 bridgehead atoms. The Morgan fingerprint density at radius 1 is 0.970 bits per heavy atom. The number of ether oxygens (including phenoxy) is 2. The van der Waals surface area contributed by atoms with Gasteiger partial charge in [-0.05, 0) is 36.4 Å². The number of sulfonamides is 1. The van der Waals surface area contributed by atoms with E-state index >= 15 is 0 Å². The Labute approximate surface area is 194 Å². The first-order chi connectivity index (χ1) is 15.6. The Morgan fingerprint density at radius 2 is 1.67 bits per heavy atom. The van der Waals surface area contributed by atoms with E-state index in [1.54, 1.807) is 32.4 Å². The van der Waals surface area contributed by atoms with Crippen molar-refractivity contribution in [2.24, 2.45) is 0 Å². The van der Waals surface area contributed by atoms with Gasteiger partial charge in [0.1, 0.15) is 11.5 Å². The standard InChI is InChI=1S/C22H30N4O6S/c1-15(27)23-8-9-24-22(28)16-10-18(13-20(12-16)33(29,30)26(2)3)25-14-17-11-19(31-4)6-7-21(17)32-5/h6-7,10-13,25H,8-9,14H2,1-5H3,(H,23,27)(H,24,28). The van der Waals surface area contributed by atoms with Crippen molar-refractivity contribution in [2.75, 3.05) is 46.7 Å². The second kappa shape index (κ2) is 11.5. The minimum absolute atomic E-state index is 0.0258. The van der Waals surface area contributed by atoms with Gasteiger partial charge in [0.05, 0.1) is 19.1 Å². The van der Waals surface area contributed by atoms with Crippen LogP contribution in [0.4, 0.5) is 5.69 Å². The first kappa shape index (κ1) is 25.9. The zero-order chi connectivity index (χ0) is 24.6. The minimum Gasteiger partial charge on any atom is -0.497 e. The van der Waals surface area contributed by atoms with Crippen LogP contribution in [-0.4, -0.2) is 65.9 Å². The molecule has 0 aliphatic heterocycles. The number of methoxy groups -OCH3 is 2. The van der Waals surface area contributed by atoms with Gasteiger partial charge in [0, 0.05) is 57.5 Å². The van der Waals surface area contributed by atoms with Gasteiger partial charge in [0.2, 0.25) is 15.9 Å². The summed E-state index contributed by atoms with van der Waals surface area (Å²) < 4.78 is 37.2. The molecule has 0 saturated carbocycles. The second-order valence-corrected chi connectivity index (χ2v) is 9.46. The molecular formula is C22H30N4O6S. The first-order valence-corrected chi connectivity index (χ1v) is 11.6. The lowest BCUT2D eigenvalue weighted by Gasteiger charge is -2.16. The zero-order valence-electron chi connectivity index (χ0n) is 19.4. The number of nitrogens with one attached hydrogen (secondary N) is 3. The molecule has 0 aromatic heterocycles. The average Bonchev–Trinajstić information content (AvgIpc) is 2.79. The van der Waals surface area contributed by atoms with Gasteiger partial charge in [0.25, 0.3) is 5.91 Å². The lowest BCUT2D eigenvalue weighted by molar-refractivity contribution is -0.118. The zero-order valence-corrected chi connectivity index (χ0v) is 20.2. The molecule has 0 aliphatic carbocycles. The van der Waals surface area contributed by atoms with E-state index in [4.69, 9.17) is 9.47 Å². The summed E-state index contributed by atoms with van der Waals surface area (Å²) in [6, 6.07) is 9.71. The molecule has 2 rings (SSSR count). The van der Waals surface area contributed by atoms with Crippen LogP contribution < -0.4 is 25.4 Å². The summed E-state index contributed by atoms with van der Waals surface area (Å²) in [6.07, 6.45) is 0. The van der Waals surface area contributed by atoms with Crippen LogP contribution in [0.2, 0.25) is 0 Å². The molecule has 180 valence electrons. The van der Waals surface area contributed by atoms with Crippen LogP contribution in [0.5, 0.6) is 11.5 Å². The maximum absolute atomic E-state index is 12.7. The van der Waals surface area contributed by atoms with Crippen LogP contribution in [0.1, 0.15) is 22.8 Å². The molecule has 11 heteroatoms. The summed E-state index contributed by atoms with van der Waals surface area (Å²) in [5.41, 5.74) is 1.40. The van der Waals surface area contributed by atoms with E-state index in [2.05, 4.69) is 16.0 Å². The highest BCUT2D eigenvalue weighted by atomic mass is 32.2. The Morgan fingerprint density at radius 3 is 2.27 bits per heavy atom. The molecule has 10 nitrogen and oxygen atoms in total. The molecule has 0 heterocycles. The van der Waals surface area contributed by atoms with Crippen molar-refractivity contribution in [3.05, 3.63) is 47.5 Å². The SMILES string of the molecule is COc1ccc(OC)c(CNc2cc(C(=O)NCCNC(C)=O)cc(S(=O)(=O)N(C)C)c2)c1. The maximum atomic E-state index is 12.7. The quantitative estimate of drug-likeness (QED) is 0.417. The molecule has 3 N–H and O–H groups in total. The van der Waals surface area contributed by atoms with Crippen molar-refractivity contribution < 1.29 is 27.5 Å². The fourth-order valence-corrected chi connectivity index (χ4v) is 3.90. The number of hydrogen-bond acceptors (Lipinski definition) is 7. The summed E-state index contributed by atoms with van der Waals surface area (Å²) in [5.74, 6) is 0.619. The van der Waals surface area contributed by atoms with Gasteiger partial charge in [-0.15, -0.1) is 0 Å². The highest BCUT2D eigenvalue weighted by Crippen LogP contribution is 2.26. The predicted octanol–water partition coefficient (Wildman–Crippen LogP) is 1.43. The van der Waals surface area contributed by atoms with E-state index in [1.165, 1.54) is 33.2 Å². The average molecular weight is 479 g/mol. The van der Waals surface area contributed by atoms with Gasteiger partial charge < -0.3 is 25.4 Å². The molecule has 0 atom stereocenters. The normalized spacial score (nSPS) is 11.1. The number of anilines is 1. The van der Waals surface area contributed by atoms with Crippen LogP contribution in [0.3, 0.4) is 0 Å². The largest absolute Gasteiger partial charge is 0.497 e. The second-order valence-electron chi connectivity index (χ2n) is 7.30. The first-order valence-electron chi connectivity index (χ1n) is 10.1. The lowest BCUT2D eigenvalue weighted by Crippen LogP contribution is -2.33. The summed E-state index contributed by atoms with van der Waals surface area (Å²) in [7, 11) is 2.17. The summed E-state index contributed by atoms with van der Waals surface area (Å²) >= 11 is 0. The molecule has 0 saturated heterocycles. The predicted molar refractivity (Wildman–Crippen MR) is 125 cm³/mol. The highest BCUT2D eigenvalue weighted by Gasteiger charge is 2.20. The van der Waals surface area contributed by atoms with E-state index in [-0.39, 0.29) is 29.5 Å². The van der Waals surface area contributed by atoms with Crippen molar-refractivity contribution >= 4 is 27.5 Å². The molecule has 0 radical (unpaired) electrons. The number of nitrogens with zero attached hydrogens (tertiary/aromatic N) is 1. The van der Waals surface area contributed by atoms with Gasteiger partial charge in [0.15, 0.2) is 0 Å². The molecule has 2 aromatic rings. The van der Waals surface area contributed by atoms with E-state index in [1.807, 2.05) is 6.07 Å². The third-order valence-corrected chi connectivity index (χ3v) is 6.50. The molecule has 2 aromatic carbocycles. The monoisotopic (exact) mass is 478 g/mol. The van der Waals surface area contributed by atoms with E-state index in [9.17, 15) is 18.0 Å². The fraction of sp³-hybridized carbons (Fsp3) is 0.364. The van der Waals surface area contributed by atoms with Crippen molar-refractivity contribution in [3.8, 4) is 11.5 Å². The summed E-state index contributed by atoms with van der Waals surface area (Å²) in [6.45, 7) is 2.15. The minimum atomic E-state index is -3.79. The van der Waals surface area contributed by atoms with Gasteiger partial charge in [-0.25, -0.2) is 12.7 Å². The van der Waals surface area contributed by atoms with Crippen molar-refractivity contribution in [3.63, 3.8) is 0 Å². The third-order valence-electron chi connectivity index (χ3n) is 4.70. The highest BCUT2D eigenvalue weighted by molar-refractivity contribution is 7.89. The Hall–Kier alpha value is -3.31. The number of carbonyl (C=O) groups excluding carboxylic acids is 2. The van der Waals surface area contributed by atoms with Gasteiger partial charge >= 0.3 is 0 Å². The summed E-state index contributed by atoms with van der Waals surface area (Å²) in [5, 5.41) is 8.41. The van der Waals surface area contributed by atoms with Crippen molar-refractivity contribution in [1.29, 1.82) is 0 Å². The van der Waals surface area contributed by atoms with E-state index in [0.29, 0.717) is 23.7 Å². The van der Waals surface area contributed by atoms with Crippen LogP contribution in [0.15, 0.2) is 41.3 Å². The topological polar surface area (TPSA) is 126 Å². The number of rotatable bonds is 11. The molecule has 33 heavy (non-hydrogen) atoms. The summed E-state index contributed by atoms with van der Waals surface area (Å²) in [4.78, 5) is 23.6. The van der Waals surface area contributed by atoms with E-state index < -0.39 is 15.9 Å². The Balaban J connectivity index is 2.32. The van der Waals surface area contributed by atoms with Crippen molar-refractivity contribution in [1.82, 2.24) is 14.9 Å². The van der Waals surface area contributed by atoms with Crippen LogP contribution in [-0.2, 0) is 21.4 Å². The molecule has 0 unspecified atom stereocenters. The smallest absolute Gasteiger partial charge is 0.251 e. The van der Waals surface area contributed by atoms with E-state index in [0.717, 1.165) is 9.87 Å². The Bertz CT molecular complexity index is 1100. The number of amides is 2. The van der Waals surface area contributed by atoms with Crippen LogP contribution in [0, 0.1) is 0 Å². The third kappa shape index (κ3) is 7.09. The molecule has 0 fully saturated rings. The number of hydrogen-bond donors (Lipinski definition) is 3. The molecule has 2 amide bonds. The number of benzene rings is 2. The fourth-order valence-electron chi connectivity index (χ4n) is 2.93. The molecule has 0 spiro atoms. The lowest BCUT2D eigenvalue weighted by atomic mass is 10.1. The van der Waals surface area contributed by atoms with Crippen LogP contribution >= 0.6 is 0 Å². The maximum Gasteiger partial charge on any atom is 0.251 e. The Kier molecular flexibility index (Phi) is 9.06. The van der Waals surface area contributed by atoms with Gasteiger partial charge in [-0.3, -0.25) is 9.59 Å². The molecule has 0 aliphatic rings.